The van der Waals surface area contributed by atoms with Gasteiger partial charge in [0.2, 0.25) is 12.7 Å². The summed E-state index contributed by atoms with van der Waals surface area (Å²) in [7, 11) is 0. The summed E-state index contributed by atoms with van der Waals surface area (Å²) in [5, 5.41) is 0. The molecule has 1 aliphatic rings. The van der Waals surface area contributed by atoms with Gasteiger partial charge in [0.1, 0.15) is 18.1 Å². The van der Waals surface area contributed by atoms with Crippen LogP contribution >= 0.6 is 0 Å². The normalized spacial score (nSPS) is 11.9. The second kappa shape index (κ2) is 12.2. The summed E-state index contributed by atoms with van der Waals surface area (Å²) in [6.45, 7) is 3.67. The zero-order valence-corrected chi connectivity index (χ0v) is 20.2. The van der Waals surface area contributed by atoms with Gasteiger partial charge in [0.05, 0.1) is 12.8 Å². The molecule has 36 heavy (non-hydrogen) atoms. The van der Waals surface area contributed by atoms with Crippen molar-refractivity contribution in [3.05, 3.63) is 83.6 Å². The van der Waals surface area contributed by atoms with Crippen molar-refractivity contribution >= 4 is 11.8 Å². The van der Waals surface area contributed by atoms with E-state index >= 15 is 0 Å². The Labute approximate surface area is 209 Å². The molecule has 0 N–H and O–H groups in total. The van der Waals surface area contributed by atoms with Gasteiger partial charge in [-0.05, 0) is 61.4 Å². The van der Waals surface area contributed by atoms with Gasteiger partial charge in [-0.2, -0.15) is 0 Å². The predicted octanol–water partition coefficient (Wildman–Crippen LogP) is 4.25. The van der Waals surface area contributed by atoms with Crippen molar-refractivity contribution in [2.45, 2.75) is 26.4 Å². The molecule has 2 aromatic carbocycles. The van der Waals surface area contributed by atoms with Crippen molar-refractivity contribution in [1.82, 2.24) is 9.80 Å². The highest BCUT2D eigenvalue weighted by atomic mass is 19.1. The lowest BCUT2D eigenvalue weighted by molar-refractivity contribution is -0.133. The smallest absolute Gasteiger partial charge is 0.254 e. The van der Waals surface area contributed by atoms with E-state index < -0.39 is 11.7 Å². The van der Waals surface area contributed by atoms with E-state index in [2.05, 4.69) is 0 Å². The lowest BCUT2D eigenvalue weighted by Gasteiger charge is -2.27. The van der Waals surface area contributed by atoms with Gasteiger partial charge in [0, 0.05) is 31.9 Å². The Kier molecular flexibility index (Phi) is 8.57. The SMILES string of the molecule is CCOCCCN(CC(=O)N(Cc1ccc2c(c1)OCO2)Cc1ccco1)C(=O)c1cccc(F)c1. The maximum absolute atomic E-state index is 13.8. The number of fused-ring (bicyclic) bond motifs is 1. The molecule has 1 aromatic heterocycles. The number of furan rings is 1. The highest BCUT2D eigenvalue weighted by Crippen LogP contribution is 2.33. The first kappa shape index (κ1) is 25.2. The number of nitrogens with zero attached hydrogens (tertiary/aromatic N) is 2. The van der Waals surface area contributed by atoms with Crippen LogP contribution in [0.5, 0.6) is 11.5 Å². The molecule has 9 heteroatoms. The summed E-state index contributed by atoms with van der Waals surface area (Å²) in [5.41, 5.74) is 1.03. The summed E-state index contributed by atoms with van der Waals surface area (Å²) < 4.78 is 35.5. The minimum atomic E-state index is -0.510. The molecule has 0 saturated carbocycles. The fourth-order valence-corrected chi connectivity index (χ4v) is 3.90. The molecular formula is C27H29FN2O6. The van der Waals surface area contributed by atoms with Crippen LogP contribution in [0, 0.1) is 5.82 Å². The second-order valence-corrected chi connectivity index (χ2v) is 8.30. The Bertz CT molecular complexity index is 1170. The van der Waals surface area contributed by atoms with Crippen LogP contribution in [0.25, 0.3) is 0 Å². The Hall–Kier alpha value is -3.85. The number of rotatable bonds is 12. The molecule has 0 aliphatic carbocycles. The van der Waals surface area contributed by atoms with Crippen molar-refractivity contribution in [3.8, 4) is 11.5 Å². The number of carbonyl (C=O) groups is 2. The molecule has 2 amide bonds. The van der Waals surface area contributed by atoms with E-state index in [1.807, 2.05) is 19.1 Å². The third kappa shape index (κ3) is 6.63. The highest BCUT2D eigenvalue weighted by Gasteiger charge is 2.24. The van der Waals surface area contributed by atoms with E-state index in [0.717, 1.165) is 5.56 Å². The Morgan fingerprint density at radius 2 is 1.86 bits per heavy atom. The number of carbonyl (C=O) groups excluding carboxylic acids is 2. The first-order valence-electron chi connectivity index (χ1n) is 11.8. The molecular weight excluding hydrogens is 467 g/mol. The minimum absolute atomic E-state index is 0.159. The van der Waals surface area contributed by atoms with E-state index in [1.54, 1.807) is 35.4 Å². The molecule has 1 aliphatic heterocycles. The number of amides is 2. The lowest BCUT2D eigenvalue weighted by Crippen LogP contribution is -2.43. The standard InChI is InChI=1S/C27H29FN2O6/c1-2-33-12-5-11-29(27(32)21-6-3-7-22(28)15-21)18-26(31)30(17-23-8-4-13-34-23)16-20-9-10-24-25(14-20)36-19-35-24/h3-4,6-10,13-15H,2,5,11-12,16-19H2,1H3. The van der Waals surface area contributed by atoms with Crippen molar-refractivity contribution < 1.29 is 32.6 Å². The first-order chi connectivity index (χ1) is 17.5. The molecule has 0 fully saturated rings. The third-order valence-corrected chi connectivity index (χ3v) is 5.70. The molecule has 190 valence electrons. The van der Waals surface area contributed by atoms with Crippen LogP contribution in [-0.4, -0.2) is 54.7 Å². The van der Waals surface area contributed by atoms with E-state index in [-0.39, 0.29) is 37.9 Å². The van der Waals surface area contributed by atoms with Gasteiger partial charge >= 0.3 is 0 Å². The average molecular weight is 497 g/mol. The molecule has 0 bridgehead atoms. The molecule has 3 aromatic rings. The van der Waals surface area contributed by atoms with Gasteiger partial charge in [-0.15, -0.1) is 0 Å². The quantitative estimate of drug-likeness (QED) is 0.349. The van der Waals surface area contributed by atoms with Gasteiger partial charge in [0.25, 0.3) is 5.91 Å². The molecule has 0 spiro atoms. The zero-order valence-electron chi connectivity index (χ0n) is 20.2. The lowest BCUT2D eigenvalue weighted by atomic mass is 10.1. The fourth-order valence-electron chi connectivity index (χ4n) is 3.90. The summed E-state index contributed by atoms with van der Waals surface area (Å²) in [5.74, 6) is 0.693. The number of hydrogen-bond donors (Lipinski definition) is 0. The largest absolute Gasteiger partial charge is 0.467 e. The van der Waals surface area contributed by atoms with Crippen LogP contribution in [0.2, 0.25) is 0 Å². The Balaban J connectivity index is 1.52. The maximum atomic E-state index is 13.8. The second-order valence-electron chi connectivity index (χ2n) is 8.30. The molecule has 2 heterocycles. The Morgan fingerprint density at radius 1 is 1.00 bits per heavy atom. The molecule has 8 nitrogen and oxygen atoms in total. The first-order valence-corrected chi connectivity index (χ1v) is 11.8. The maximum Gasteiger partial charge on any atom is 0.254 e. The third-order valence-electron chi connectivity index (χ3n) is 5.70. The predicted molar refractivity (Wildman–Crippen MR) is 129 cm³/mol. The number of ether oxygens (including phenoxy) is 3. The van der Waals surface area contributed by atoms with E-state index in [1.165, 1.54) is 23.1 Å². The number of benzene rings is 2. The van der Waals surface area contributed by atoms with Gasteiger partial charge in [0.15, 0.2) is 11.5 Å². The van der Waals surface area contributed by atoms with Gasteiger partial charge in [-0.25, -0.2) is 4.39 Å². The van der Waals surface area contributed by atoms with Crippen molar-refractivity contribution in [3.63, 3.8) is 0 Å². The van der Waals surface area contributed by atoms with Crippen LogP contribution < -0.4 is 9.47 Å². The van der Waals surface area contributed by atoms with Gasteiger partial charge < -0.3 is 28.4 Å². The topological polar surface area (TPSA) is 81.5 Å². The van der Waals surface area contributed by atoms with E-state index in [9.17, 15) is 14.0 Å². The summed E-state index contributed by atoms with van der Waals surface area (Å²) >= 11 is 0. The van der Waals surface area contributed by atoms with E-state index in [0.29, 0.717) is 43.4 Å². The monoisotopic (exact) mass is 496 g/mol. The number of halogens is 1. The van der Waals surface area contributed by atoms with Crippen LogP contribution in [0.3, 0.4) is 0 Å². The van der Waals surface area contributed by atoms with Crippen molar-refractivity contribution in [1.29, 1.82) is 0 Å². The average Bonchev–Trinajstić information content (AvgIpc) is 3.57. The summed E-state index contributed by atoms with van der Waals surface area (Å²) in [6.07, 6.45) is 2.09. The molecule has 0 unspecified atom stereocenters. The van der Waals surface area contributed by atoms with Crippen molar-refractivity contribution in [2.24, 2.45) is 0 Å². The minimum Gasteiger partial charge on any atom is -0.467 e. The fraction of sp³-hybridized carbons (Fsp3) is 0.333. The zero-order chi connectivity index (χ0) is 25.3. The number of hydrogen-bond acceptors (Lipinski definition) is 6. The van der Waals surface area contributed by atoms with Crippen LogP contribution in [0.4, 0.5) is 4.39 Å². The summed E-state index contributed by atoms with van der Waals surface area (Å²) in [4.78, 5) is 29.8. The van der Waals surface area contributed by atoms with Gasteiger partial charge in [-0.1, -0.05) is 12.1 Å². The van der Waals surface area contributed by atoms with Crippen LogP contribution in [-0.2, 0) is 22.6 Å². The van der Waals surface area contributed by atoms with Gasteiger partial charge in [-0.3, -0.25) is 9.59 Å². The summed E-state index contributed by atoms with van der Waals surface area (Å²) in [6, 6.07) is 14.5. The Morgan fingerprint density at radius 3 is 2.64 bits per heavy atom. The van der Waals surface area contributed by atoms with E-state index in [4.69, 9.17) is 18.6 Å². The molecule has 4 rings (SSSR count). The molecule has 0 radical (unpaired) electrons. The van der Waals surface area contributed by atoms with Crippen molar-refractivity contribution in [2.75, 3.05) is 33.1 Å². The molecule has 0 atom stereocenters. The van der Waals surface area contributed by atoms with Crippen LogP contribution in [0.1, 0.15) is 35.0 Å². The molecule has 0 saturated heterocycles. The van der Waals surface area contributed by atoms with Crippen LogP contribution in [0.15, 0.2) is 65.3 Å². The highest BCUT2D eigenvalue weighted by molar-refractivity contribution is 5.96.